The van der Waals surface area contributed by atoms with Crippen LogP contribution in [-0.4, -0.2) is 37.5 Å². The Balaban J connectivity index is 1.67. The summed E-state index contributed by atoms with van der Waals surface area (Å²) in [5.74, 6) is -0.132. The lowest BCUT2D eigenvalue weighted by molar-refractivity contribution is -0.274. The van der Waals surface area contributed by atoms with E-state index in [1.54, 1.807) is 38.1 Å². The van der Waals surface area contributed by atoms with Crippen molar-refractivity contribution in [3.8, 4) is 39.9 Å². The maximum Gasteiger partial charge on any atom is 0.573 e. The Morgan fingerprint density at radius 2 is 1.59 bits per heavy atom. The van der Waals surface area contributed by atoms with E-state index in [0.717, 1.165) is 12.1 Å². The molecule has 12 heteroatoms. The first-order chi connectivity index (χ1) is 19.5. The van der Waals surface area contributed by atoms with E-state index in [0.29, 0.717) is 33.5 Å². The molecular weight excluding hydrogens is 550 g/mol. The van der Waals surface area contributed by atoms with Gasteiger partial charge >= 0.3 is 12.5 Å². The smallest absolute Gasteiger partial charge is 0.494 e. The number of nitrogens with zero attached hydrogens (tertiary/aromatic N) is 1. The van der Waals surface area contributed by atoms with Crippen LogP contribution in [0.4, 0.5) is 22.4 Å². The molecule has 0 spiro atoms. The Kier molecular flexibility index (Phi) is 8.70. The molecule has 0 aliphatic rings. The van der Waals surface area contributed by atoms with Crippen molar-refractivity contribution >= 4 is 17.1 Å². The van der Waals surface area contributed by atoms with Gasteiger partial charge in [-0.05, 0) is 61.9 Å². The summed E-state index contributed by atoms with van der Waals surface area (Å²) in [6.07, 6.45) is -6.82. The SMILES string of the molecule is CCOC(=O)OC(C)Oc1c(-c2ccc(Oc3ccc(OC(F)(F)F)cc3)cc2)c(C)nc2cc(OC)c(F)cc12. The van der Waals surface area contributed by atoms with E-state index in [4.69, 9.17) is 23.7 Å². The molecule has 0 radical (unpaired) electrons. The molecule has 1 unspecified atom stereocenters. The fraction of sp³-hybridized carbons (Fsp3) is 0.241. The molecule has 0 aliphatic heterocycles. The van der Waals surface area contributed by atoms with Gasteiger partial charge in [-0.1, -0.05) is 12.1 Å². The van der Waals surface area contributed by atoms with Gasteiger partial charge in [-0.3, -0.25) is 4.98 Å². The predicted octanol–water partition coefficient (Wildman–Crippen LogP) is 7.95. The third-order valence-corrected chi connectivity index (χ3v) is 5.64. The lowest BCUT2D eigenvalue weighted by Crippen LogP contribution is -2.22. The summed E-state index contributed by atoms with van der Waals surface area (Å²) in [6, 6.07) is 14.3. The third-order valence-electron chi connectivity index (χ3n) is 5.64. The monoisotopic (exact) mass is 575 g/mol. The van der Waals surface area contributed by atoms with E-state index < -0.39 is 24.6 Å². The molecule has 8 nitrogen and oxygen atoms in total. The van der Waals surface area contributed by atoms with E-state index >= 15 is 0 Å². The highest BCUT2D eigenvalue weighted by Gasteiger charge is 2.31. The van der Waals surface area contributed by atoms with Crippen molar-refractivity contribution in [3.63, 3.8) is 0 Å². The van der Waals surface area contributed by atoms with Crippen molar-refractivity contribution in [3.05, 3.63) is 72.2 Å². The van der Waals surface area contributed by atoms with E-state index in [2.05, 4.69) is 9.72 Å². The number of carbonyl (C=O) groups excluding carboxylic acids is 1. The molecule has 0 aliphatic carbocycles. The Hall–Kier alpha value is -4.74. The summed E-state index contributed by atoms with van der Waals surface area (Å²) < 4.78 is 82.6. The summed E-state index contributed by atoms with van der Waals surface area (Å²) in [5.41, 5.74) is 2.04. The van der Waals surface area contributed by atoms with Crippen LogP contribution in [-0.2, 0) is 9.47 Å². The van der Waals surface area contributed by atoms with Gasteiger partial charge in [0.2, 0.25) is 6.29 Å². The molecule has 4 rings (SSSR count). The lowest BCUT2D eigenvalue weighted by atomic mass is 10.00. The first-order valence-corrected chi connectivity index (χ1v) is 12.3. The molecule has 4 aromatic rings. The van der Waals surface area contributed by atoms with Gasteiger partial charge in [0.25, 0.3) is 0 Å². The van der Waals surface area contributed by atoms with E-state index in [1.807, 2.05) is 0 Å². The summed E-state index contributed by atoms with van der Waals surface area (Å²) in [7, 11) is 1.34. The van der Waals surface area contributed by atoms with E-state index in [9.17, 15) is 22.4 Å². The van der Waals surface area contributed by atoms with Gasteiger partial charge in [0.05, 0.1) is 19.2 Å². The topological polar surface area (TPSA) is 85.3 Å². The molecule has 1 heterocycles. The number of aryl methyl sites for hydroxylation is 1. The minimum absolute atomic E-state index is 0.00146. The lowest BCUT2D eigenvalue weighted by Gasteiger charge is -2.21. The van der Waals surface area contributed by atoms with Crippen LogP contribution in [0.1, 0.15) is 19.5 Å². The van der Waals surface area contributed by atoms with E-state index in [1.165, 1.54) is 38.3 Å². The number of hydrogen-bond acceptors (Lipinski definition) is 8. The average molecular weight is 576 g/mol. The van der Waals surface area contributed by atoms with E-state index in [-0.39, 0.29) is 29.6 Å². The Morgan fingerprint density at radius 3 is 2.17 bits per heavy atom. The molecule has 3 aromatic carbocycles. The number of carbonyl (C=O) groups is 1. The highest BCUT2D eigenvalue weighted by molar-refractivity contribution is 5.94. The van der Waals surface area contributed by atoms with Crippen molar-refractivity contribution in [1.29, 1.82) is 0 Å². The van der Waals surface area contributed by atoms with Crippen LogP contribution in [0.2, 0.25) is 0 Å². The molecule has 41 heavy (non-hydrogen) atoms. The zero-order valence-corrected chi connectivity index (χ0v) is 22.4. The Bertz CT molecular complexity index is 1520. The number of rotatable bonds is 9. The molecular formula is C29H25F4NO7. The minimum atomic E-state index is -4.79. The molecule has 0 amide bonds. The first kappa shape index (κ1) is 29.2. The number of hydrogen-bond donors (Lipinski definition) is 0. The van der Waals surface area contributed by atoms with Crippen molar-refractivity contribution in [2.24, 2.45) is 0 Å². The van der Waals surface area contributed by atoms with Crippen molar-refractivity contribution in [2.45, 2.75) is 33.4 Å². The Labute approximate surface area is 232 Å². The highest BCUT2D eigenvalue weighted by atomic mass is 19.4. The number of ether oxygens (including phenoxy) is 6. The van der Waals surface area contributed by atoms with Crippen LogP contribution in [0.15, 0.2) is 60.7 Å². The number of alkyl halides is 3. The van der Waals surface area contributed by atoms with Crippen LogP contribution >= 0.6 is 0 Å². The standard InChI is InChI=1S/C29H25F4NO7/c1-5-37-28(35)39-17(3)38-27-22-14-23(30)25(36-4)15-24(22)34-16(2)26(27)18-6-8-19(9-7-18)40-20-10-12-21(13-11-20)41-29(31,32)33/h6-15,17H,5H2,1-4H3. The third kappa shape index (κ3) is 7.27. The van der Waals surface area contributed by atoms with Gasteiger partial charge in [-0.2, -0.15) is 0 Å². The largest absolute Gasteiger partial charge is 0.573 e. The predicted molar refractivity (Wildman–Crippen MR) is 140 cm³/mol. The molecule has 0 N–H and O–H groups in total. The fourth-order valence-corrected chi connectivity index (χ4v) is 3.98. The second-order valence-electron chi connectivity index (χ2n) is 8.54. The van der Waals surface area contributed by atoms with Crippen LogP contribution in [0, 0.1) is 12.7 Å². The van der Waals surface area contributed by atoms with Crippen LogP contribution in [0.3, 0.4) is 0 Å². The molecule has 0 fully saturated rings. The molecule has 0 bridgehead atoms. The van der Waals surface area contributed by atoms with Crippen LogP contribution in [0.5, 0.6) is 28.7 Å². The molecule has 0 saturated carbocycles. The first-order valence-electron chi connectivity index (χ1n) is 12.3. The normalized spacial score (nSPS) is 12.0. The van der Waals surface area contributed by atoms with Gasteiger partial charge in [-0.15, -0.1) is 13.2 Å². The number of pyridine rings is 1. The highest BCUT2D eigenvalue weighted by Crippen LogP contribution is 2.41. The maximum absolute atomic E-state index is 14.8. The second kappa shape index (κ2) is 12.2. The zero-order chi connectivity index (χ0) is 29.7. The van der Waals surface area contributed by atoms with Crippen molar-refractivity contribution in [2.75, 3.05) is 13.7 Å². The van der Waals surface area contributed by atoms with Gasteiger partial charge in [-0.25, -0.2) is 9.18 Å². The quantitative estimate of drug-likeness (QED) is 0.113. The van der Waals surface area contributed by atoms with Crippen LogP contribution in [0.25, 0.3) is 22.0 Å². The molecule has 0 saturated heterocycles. The van der Waals surface area contributed by atoms with Gasteiger partial charge in [0.1, 0.15) is 23.0 Å². The zero-order valence-electron chi connectivity index (χ0n) is 22.4. The number of methoxy groups -OCH3 is 1. The summed E-state index contributed by atoms with van der Waals surface area (Å²) in [5, 5.41) is 0.310. The van der Waals surface area contributed by atoms with Gasteiger partial charge in [0.15, 0.2) is 11.6 Å². The van der Waals surface area contributed by atoms with Gasteiger partial charge in [0, 0.05) is 29.6 Å². The average Bonchev–Trinajstić information content (AvgIpc) is 2.90. The van der Waals surface area contributed by atoms with Gasteiger partial charge < -0.3 is 28.4 Å². The number of aromatic nitrogens is 1. The minimum Gasteiger partial charge on any atom is -0.494 e. The number of halogens is 4. The second-order valence-corrected chi connectivity index (χ2v) is 8.54. The number of fused-ring (bicyclic) bond motifs is 1. The molecule has 1 aromatic heterocycles. The fourth-order valence-electron chi connectivity index (χ4n) is 3.98. The maximum atomic E-state index is 14.8. The Morgan fingerprint density at radius 1 is 0.976 bits per heavy atom. The van der Waals surface area contributed by atoms with Crippen molar-refractivity contribution in [1.82, 2.24) is 4.98 Å². The van der Waals surface area contributed by atoms with Crippen molar-refractivity contribution < 1.29 is 50.8 Å². The summed E-state index contributed by atoms with van der Waals surface area (Å²) in [6.45, 7) is 4.97. The molecule has 216 valence electrons. The molecule has 1 atom stereocenters. The van der Waals surface area contributed by atoms with Crippen LogP contribution < -0.4 is 18.9 Å². The summed E-state index contributed by atoms with van der Waals surface area (Å²) >= 11 is 0. The summed E-state index contributed by atoms with van der Waals surface area (Å²) in [4.78, 5) is 16.5. The number of benzene rings is 3.